The predicted octanol–water partition coefficient (Wildman–Crippen LogP) is 1.99. The lowest BCUT2D eigenvalue weighted by molar-refractivity contribution is -0.384. The highest BCUT2D eigenvalue weighted by atomic mass is 35.5. The molecule has 0 spiro atoms. The number of hydrogen-bond donors (Lipinski definition) is 1. The zero-order chi connectivity index (χ0) is 13.8. The van der Waals surface area contributed by atoms with Crippen molar-refractivity contribution in [2.45, 2.75) is 13.3 Å². The van der Waals surface area contributed by atoms with Crippen molar-refractivity contribution in [2.75, 3.05) is 11.9 Å². The van der Waals surface area contributed by atoms with Gasteiger partial charge >= 0.3 is 5.69 Å². The predicted molar refractivity (Wildman–Crippen MR) is 67.1 cm³/mol. The largest absolute Gasteiger partial charge is 0.364 e. The maximum Gasteiger partial charge on any atom is 0.311 e. The lowest BCUT2D eigenvalue weighted by Gasteiger charge is -2.04. The summed E-state index contributed by atoms with van der Waals surface area (Å²) in [5.41, 5.74) is -0.131. The van der Waals surface area contributed by atoms with Crippen molar-refractivity contribution in [3.63, 3.8) is 0 Å². The van der Waals surface area contributed by atoms with Gasteiger partial charge in [-0.25, -0.2) is 4.98 Å². The van der Waals surface area contributed by atoms with Gasteiger partial charge in [0, 0.05) is 26.0 Å². The molecule has 0 bridgehead atoms. The molecule has 1 N–H and O–H groups in total. The van der Waals surface area contributed by atoms with E-state index in [1.54, 1.807) is 6.92 Å². The summed E-state index contributed by atoms with van der Waals surface area (Å²) in [7, 11) is 0. The molecule has 0 atom stereocenters. The van der Waals surface area contributed by atoms with Crippen molar-refractivity contribution in [1.82, 2.24) is 15.1 Å². The molecular formula is C10H10ClN5O3. The van der Waals surface area contributed by atoms with E-state index in [1.807, 2.05) is 0 Å². The number of aryl methyl sites for hydroxylation is 1. The molecule has 19 heavy (non-hydrogen) atoms. The Morgan fingerprint density at radius 1 is 1.47 bits per heavy atom. The number of halogens is 1. The number of anilines is 1. The van der Waals surface area contributed by atoms with Crippen LogP contribution in [-0.4, -0.2) is 26.6 Å². The zero-order valence-corrected chi connectivity index (χ0v) is 10.7. The van der Waals surface area contributed by atoms with Crippen molar-refractivity contribution in [1.29, 1.82) is 0 Å². The second-order valence-electron chi connectivity index (χ2n) is 3.67. The summed E-state index contributed by atoms with van der Waals surface area (Å²) in [6.07, 6.45) is 0.461. The van der Waals surface area contributed by atoms with Crippen LogP contribution in [0.25, 0.3) is 0 Å². The van der Waals surface area contributed by atoms with Crippen LogP contribution in [0.1, 0.15) is 11.7 Å². The topological polar surface area (TPSA) is 107 Å². The monoisotopic (exact) mass is 283 g/mol. The van der Waals surface area contributed by atoms with Gasteiger partial charge in [0.15, 0.2) is 5.82 Å². The van der Waals surface area contributed by atoms with Gasteiger partial charge in [0.25, 0.3) is 0 Å². The quantitative estimate of drug-likeness (QED) is 0.508. The maximum atomic E-state index is 10.8. The van der Waals surface area contributed by atoms with Gasteiger partial charge in [-0.3, -0.25) is 10.1 Å². The summed E-state index contributed by atoms with van der Waals surface area (Å²) in [6, 6.07) is 2.67. The van der Waals surface area contributed by atoms with Crippen LogP contribution in [0.3, 0.4) is 0 Å². The molecule has 0 amide bonds. The Kier molecular flexibility index (Phi) is 3.91. The van der Waals surface area contributed by atoms with Gasteiger partial charge in [0.2, 0.25) is 11.7 Å². The van der Waals surface area contributed by atoms with Crippen LogP contribution in [0.4, 0.5) is 11.5 Å². The van der Waals surface area contributed by atoms with Gasteiger partial charge in [-0.15, -0.1) is 0 Å². The first-order valence-corrected chi connectivity index (χ1v) is 5.78. The van der Waals surface area contributed by atoms with E-state index in [0.717, 1.165) is 0 Å². The summed E-state index contributed by atoms with van der Waals surface area (Å²) < 4.78 is 4.81. The average molecular weight is 284 g/mol. The molecule has 100 valence electrons. The van der Waals surface area contributed by atoms with E-state index in [1.165, 1.54) is 12.1 Å². The number of nitro groups is 1. The molecule has 2 rings (SSSR count). The van der Waals surface area contributed by atoms with E-state index in [2.05, 4.69) is 20.4 Å². The van der Waals surface area contributed by atoms with Gasteiger partial charge in [0.1, 0.15) is 5.15 Å². The van der Waals surface area contributed by atoms with Gasteiger partial charge < -0.3 is 9.84 Å². The molecule has 0 radical (unpaired) electrons. The third-order valence-electron chi connectivity index (χ3n) is 2.25. The first kappa shape index (κ1) is 13.2. The lowest BCUT2D eigenvalue weighted by Crippen LogP contribution is -2.09. The molecule has 9 heteroatoms. The molecule has 2 aromatic heterocycles. The standard InChI is InChI=1S/C10H10ClN5O3/c1-6-13-9(15-19-6)4-5-12-10-7(16(17)18)2-3-8(11)14-10/h2-3H,4-5H2,1H3,(H,12,14). The van der Waals surface area contributed by atoms with Crippen LogP contribution in [0, 0.1) is 17.0 Å². The Morgan fingerprint density at radius 3 is 2.89 bits per heavy atom. The molecule has 0 aliphatic carbocycles. The number of pyridine rings is 1. The summed E-state index contributed by atoms with van der Waals surface area (Å²) in [5, 5.41) is 17.5. The molecule has 0 aromatic carbocycles. The number of hydrogen-bond acceptors (Lipinski definition) is 7. The molecule has 0 saturated heterocycles. The Labute approximate surface area is 112 Å². The van der Waals surface area contributed by atoms with E-state index >= 15 is 0 Å². The summed E-state index contributed by atoms with van der Waals surface area (Å²) in [5.74, 6) is 1.12. The fraction of sp³-hybridized carbons (Fsp3) is 0.300. The van der Waals surface area contributed by atoms with E-state index in [9.17, 15) is 10.1 Å². The normalized spacial score (nSPS) is 10.4. The van der Waals surface area contributed by atoms with Crippen molar-refractivity contribution in [3.05, 3.63) is 39.1 Å². The van der Waals surface area contributed by atoms with Crippen molar-refractivity contribution in [2.24, 2.45) is 0 Å². The molecule has 8 nitrogen and oxygen atoms in total. The van der Waals surface area contributed by atoms with Crippen LogP contribution in [0.2, 0.25) is 5.15 Å². The number of nitrogens with zero attached hydrogens (tertiary/aromatic N) is 4. The fourth-order valence-corrected chi connectivity index (χ4v) is 1.59. The number of nitrogens with one attached hydrogen (secondary N) is 1. The van der Waals surface area contributed by atoms with Crippen LogP contribution >= 0.6 is 11.6 Å². The second kappa shape index (κ2) is 5.61. The lowest BCUT2D eigenvalue weighted by atomic mass is 10.3. The van der Waals surface area contributed by atoms with Crippen LogP contribution in [-0.2, 0) is 6.42 Å². The van der Waals surface area contributed by atoms with Crippen molar-refractivity contribution >= 4 is 23.1 Å². The minimum absolute atomic E-state index is 0.123. The molecule has 2 heterocycles. The summed E-state index contributed by atoms with van der Waals surface area (Å²) in [6.45, 7) is 2.07. The smallest absolute Gasteiger partial charge is 0.311 e. The molecule has 2 aromatic rings. The first-order valence-electron chi connectivity index (χ1n) is 5.40. The van der Waals surface area contributed by atoms with Gasteiger partial charge in [-0.2, -0.15) is 4.98 Å². The zero-order valence-electron chi connectivity index (χ0n) is 9.96. The minimum atomic E-state index is -0.524. The second-order valence-corrected chi connectivity index (χ2v) is 4.05. The van der Waals surface area contributed by atoms with Gasteiger partial charge in [0.05, 0.1) is 4.92 Å². The Hall–Kier alpha value is -2.22. The highest BCUT2D eigenvalue weighted by Crippen LogP contribution is 2.23. The van der Waals surface area contributed by atoms with Gasteiger partial charge in [-0.05, 0) is 6.07 Å². The highest BCUT2D eigenvalue weighted by Gasteiger charge is 2.15. The summed E-state index contributed by atoms with van der Waals surface area (Å²) >= 11 is 5.71. The van der Waals surface area contributed by atoms with Crippen LogP contribution in [0.5, 0.6) is 0 Å². The third kappa shape index (κ3) is 3.38. The first-order chi connectivity index (χ1) is 9.06. The van der Waals surface area contributed by atoms with E-state index in [4.69, 9.17) is 16.1 Å². The van der Waals surface area contributed by atoms with E-state index in [0.29, 0.717) is 24.7 Å². The summed E-state index contributed by atoms with van der Waals surface area (Å²) in [4.78, 5) is 18.2. The number of aromatic nitrogens is 3. The Bertz CT molecular complexity index is 601. The van der Waals surface area contributed by atoms with Gasteiger partial charge in [-0.1, -0.05) is 16.8 Å². The third-order valence-corrected chi connectivity index (χ3v) is 2.46. The molecule has 0 fully saturated rings. The fourth-order valence-electron chi connectivity index (χ4n) is 1.44. The van der Waals surface area contributed by atoms with E-state index < -0.39 is 4.92 Å². The SMILES string of the molecule is Cc1nc(CCNc2nc(Cl)ccc2[N+](=O)[O-])no1. The van der Waals surface area contributed by atoms with E-state index in [-0.39, 0.29) is 16.7 Å². The molecule has 0 aliphatic rings. The number of rotatable bonds is 5. The highest BCUT2D eigenvalue weighted by molar-refractivity contribution is 6.29. The van der Waals surface area contributed by atoms with Crippen molar-refractivity contribution < 1.29 is 9.45 Å². The molecular weight excluding hydrogens is 274 g/mol. The average Bonchev–Trinajstić information content (AvgIpc) is 2.75. The van der Waals surface area contributed by atoms with Crippen LogP contribution in [0.15, 0.2) is 16.7 Å². The molecule has 0 unspecified atom stereocenters. The molecule has 0 aliphatic heterocycles. The Morgan fingerprint density at radius 2 is 2.26 bits per heavy atom. The maximum absolute atomic E-state index is 10.8. The molecule has 0 saturated carbocycles. The van der Waals surface area contributed by atoms with Crippen molar-refractivity contribution in [3.8, 4) is 0 Å². The minimum Gasteiger partial charge on any atom is -0.364 e. The van der Waals surface area contributed by atoms with Crippen LogP contribution < -0.4 is 5.32 Å². The Balaban J connectivity index is 2.02.